The van der Waals surface area contributed by atoms with Crippen LogP contribution in [-0.4, -0.2) is 19.6 Å². The highest BCUT2D eigenvalue weighted by atomic mass is 35.5. The van der Waals surface area contributed by atoms with Gasteiger partial charge < -0.3 is 16.0 Å². The summed E-state index contributed by atoms with van der Waals surface area (Å²) in [5.41, 5.74) is 11.0. The fraction of sp³-hybridized carbons (Fsp3) is 0.308. The Kier molecular flexibility index (Phi) is 7.06. The first kappa shape index (κ1) is 20.9. The summed E-state index contributed by atoms with van der Waals surface area (Å²) >= 11 is 6.16. The first-order valence-corrected chi connectivity index (χ1v) is 11.1. The number of nitrogens with zero attached hydrogens (tertiary/aromatic N) is 1. The number of benzene rings is 3. The molecule has 0 bridgehead atoms. The maximum absolute atomic E-state index is 6.16. The van der Waals surface area contributed by atoms with Crippen molar-refractivity contribution in [1.29, 1.82) is 0 Å². The summed E-state index contributed by atoms with van der Waals surface area (Å²) in [4.78, 5) is 2.49. The van der Waals surface area contributed by atoms with Crippen LogP contribution in [-0.2, 0) is 19.5 Å². The van der Waals surface area contributed by atoms with Gasteiger partial charge in [0.25, 0.3) is 0 Å². The molecule has 30 heavy (non-hydrogen) atoms. The Hall–Kier alpha value is -2.33. The van der Waals surface area contributed by atoms with E-state index in [9.17, 15) is 0 Å². The second-order valence-electron chi connectivity index (χ2n) is 8.25. The molecule has 1 aliphatic heterocycles. The van der Waals surface area contributed by atoms with Crippen LogP contribution in [0.4, 0.5) is 5.69 Å². The molecule has 4 heteroatoms. The molecule has 1 saturated heterocycles. The van der Waals surface area contributed by atoms with E-state index >= 15 is 0 Å². The van der Waals surface area contributed by atoms with Gasteiger partial charge in [0.1, 0.15) is 0 Å². The van der Waals surface area contributed by atoms with E-state index in [0.29, 0.717) is 18.4 Å². The van der Waals surface area contributed by atoms with Crippen LogP contribution in [0, 0.1) is 11.8 Å². The molecule has 1 heterocycles. The topological polar surface area (TPSA) is 41.3 Å². The Balaban J connectivity index is 1.53. The lowest BCUT2D eigenvalue weighted by molar-refractivity contribution is 0.413. The van der Waals surface area contributed by atoms with Gasteiger partial charge in [-0.25, -0.2) is 0 Å². The van der Waals surface area contributed by atoms with Gasteiger partial charge in [-0.3, -0.25) is 0 Å². The summed E-state index contributed by atoms with van der Waals surface area (Å²) in [5.74, 6) is 1.23. The van der Waals surface area contributed by atoms with Crippen molar-refractivity contribution in [2.24, 2.45) is 17.6 Å². The molecule has 0 aliphatic carbocycles. The molecule has 3 aromatic rings. The van der Waals surface area contributed by atoms with Crippen LogP contribution in [0.15, 0.2) is 78.9 Å². The van der Waals surface area contributed by atoms with Crippen LogP contribution < -0.4 is 16.0 Å². The molecule has 1 fully saturated rings. The van der Waals surface area contributed by atoms with Crippen molar-refractivity contribution in [2.45, 2.75) is 19.5 Å². The van der Waals surface area contributed by atoms with Gasteiger partial charge >= 0.3 is 0 Å². The molecule has 3 N–H and O–H groups in total. The molecule has 3 aromatic carbocycles. The van der Waals surface area contributed by atoms with Crippen molar-refractivity contribution in [1.82, 2.24) is 5.32 Å². The molecule has 3 nitrogen and oxygen atoms in total. The number of hydrogen-bond donors (Lipinski definition) is 2. The van der Waals surface area contributed by atoms with Gasteiger partial charge in [-0.1, -0.05) is 66.2 Å². The number of nitrogens with one attached hydrogen (secondary N) is 1. The number of anilines is 1. The van der Waals surface area contributed by atoms with Crippen molar-refractivity contribution in [2.75, 3.05) is 24.5 Å². The fourth-order valence-electron chi connectivity index (χ4n) is 4.43. The molecule has 0 spiro atoms. The summed E-state index contributed by atoms with van der Waals surface area (Å²) in [7, 11) is 0. The third kappa shape index (κ3) is 5.42. The molecule has 0 radical (unpaired) electrons. The summed E-state index contributed by atoms with van der Waals surface area (Å²) in [6, 6.07) is 27.7. The minimum atomic E-state index is 0.570. The molecular weight excluding hydrogens is 390 g/mol. The van der Waals surface area contributed by atoms with Gasteiger partial charge in [-0.05, 0) is 72.3 Å². The Morgan fingerprint density at radius 2 is 1.53 bits per heavy atom. The van der Waals surface area contributed by atoms with E-state index in [-0.39, 0.29) is 0 Å². The summed E-state index contributed by atoms with van der Waals surface area (Å²) in [6.45, 7) is 4.59. The molecule has 0 amide bonds. The zero-order valence-corrected chi connectivity index (χ0v) is 18.1. The average Bonchev–Trinajstić information content (AvgIpc) is 3.21. The lowest BCUT2D eigenvalue weighted by Crippen LogP contribution is -2.33. The molecular formula is C26H30ClN3. The Labute approximate surface area is 184 Å². The minimum Gasteiger partial charge on any atom is -0.367 e. The van der Waals surface area contributed by atoms with Crippen LogP contribution in [0.1, 0.15) is 16.7 Å². The Bertz CT molecular complexity index is 927. The third-order valence-electron chi connectivity index (χ3n) is 6.07. The molecule has 2 atom stereocenters. The first-order chi connectivity index (χ1) is 14.7. The highest BCUT2D eigenvalue weighted by Crippen LogP contribution is 2.27. The maximum atomic E-state index is 6.16. The van der Waals surface area contributed by atoms with Gasteiger partial charge in [0.05, 0.1) is 0 Å². The van der Waals surface area contributed by atoms with Crippen molar-refractivity contribution >= 4 is 17.3 Å². The lowest BCUT2D eigenvalue weighted by atomic mass is 9.89. The van der Waals surface area contributed by atoms with E-state index in [2.05, 4.69) is 76.9 Å². The lowest BCUT2D eigenvalue weighted by Gasteiger charge is -2.30. The van der Waals surface area contributed by atoms with Gasteiger partial charge in [0.15, 0.2) is 0 Å². The number of halogens is 1. The van der Waals surface area contributed by atoms with E-state index in [1.807, 2.05) is 12.1 Å². The zero-order valence-electron chi connectivity index (χ0n) is 17.3. The maximum Gasteiger partial charge on any atom is 0.0429 e. The van der Waals surface area contributed by atoms with Crippen molar-refractivity contribution in [3.63, 3.8) is 0 Å². The monoisotopic (exact) mass is 419 g/mol. The fourth-order valence-corrected chi connectivity index (χ4v) is 4.55. The number of rotatable bonds is 8. The predicted octanol–water partition coefficient (Wildman–Crippen LogP) is 4.88. The minimum absolute atomic E-state index is 0.570. The molecule has 4 rings (SSSR count). The smallest absolute Gasteiger partial charge is 0.0429 e. The van der Waals surface area contributed by atoms with Gasteiger partial charge in [0.2, 0.25) is 0 Å². The quantitative estimate of drug-likeness (QED) is 0.546. The first-order valence-electron chi connectivity index (χ1n) is 10.7. The van der Waals surface area contributed by atoms with Crippen LogP contribution in [0.2, 0.25) is 5.02 Å². The molecule has 1 aliphatic rings. The van der Waals surface area contributed by atoms with Gasteiger partial charge in [-0.2, -0.15) is 0 Å². The molecule has 156 valence electrons. The SMILES string of the molecule is NCc1cccc(CN(C[C@H]2CNC[C@@H]2Cc2ccccc2)c2ccc(Cl)cc2)c1. The van der Waals surface area contributed by atoms with Crippen LogP contribution in [0.3, 0.4) is 0 Å². The number of hydrogen-bond acceptors (Lipinski definition) is 3. The zero-order chi connectivity index (χ0) is 20.8. The largest absolute Gasteiger partial charge is 0.367 e. The van der Waals surface area contributed by atoms with Crippen molar-refractivity contribution in [3.05, 3.63) is 101 Å². The van der Waals surface area contributed by atoms with Crippen LogP contribution >= 0.6 is 11.6 Å². The van der Waals surface area contributed by atoms with Crippen molar-refractivity contribution < 1.29 is 0 Å². The summed E-state index contributed by atoms with van der Waals surface area (Å²) in [5, 5.41) is 4.40. The van der Waals surface area contributed by atoms with Gasteiger partial charge in [-0.15, -0.1) is 0 Å². The van der Waals surface area contributed by atoms with Crippen LogP contribution in [0.5, 0.6) is 0 Å². The molecule has 0 saturated carbocycles. The highest BCUT2D eigenvalue weighted by Gasteiger charge is 2.29. The Morgan fingerprint density at radius 3 is 2.30 bits per heavy atom. The second-order valence-corrected chi connectivity index (χ2v) is 8.69. The highest BCUT2D eigenvalue weighted by molar-refractivity contribution is 6.30. The normalized spacial score (nSPS) is 18.5. The van der Waals surface area contributed by atoms with Crippen molar-refractivity contribution in [3.8, 4) is 0 Å². The van der Waals surface area contributed by atoms with E-state index in [1.54, 1.807) is 0 Å². The van der Waals surface area contributed by atoms with E-state index in [0.717, 1.165) is 37.6 Å². The number of nitrogens with two attached hydrogens (primary N) is 1. The van der Waals surface area contributed by atoms with Crippen LogP contribution in [0.25, 0.3) is 0 Å². The van der Waals surface area contributed by atoms with Gasteiger partial charge in [0, 0.05) is 30.3 Å². The third-order valence-corrected chi connectivity index (χ3v) is 6.32. The molecule has 0 unspecified atom stereocenters. The Morgan fingerprint density at radius 1 is 0.833 bits per heavy atom. The second kappa shape index (κ2) is 10.1. The predicted molar refractivity (Wildman–Crippen MR) is 127 cm³/mol. The van der Waals surface area contributed by atoms with E-state index in [4.69, 9.17) is 17.3 Å². The average molecular weight is 420 g/mol. The molecule has 0 aromatic heterocycles. The summed E-state index contributed by atoms with van der Waals surface area (Å²) in [6.07, 6.45) is 1.12. The summed E-state index contributed by atoms with van der Waals surface area (Å²) < 4.78 is 0. The van der Waals surface area contributed by atoms with E-state index < -0.39 is 0 Å². The van der Waals surface area contributed by atoms with E-state index in [1.165, 1.54) is 22.4 Å². The standard InChI is InChI=1S/C26H30ClN3/c27-25-9-11-26(12-10-25)30(18-22-8-4-7-21(13-22)15-28)19-24-17-29-16-23(24)14-20-5-2-1-3-6-20/h1-13,23-24,29H,14-19,28H2/t23-,24+/m0/s1.